The minimum Gasteiger partial charge on any atom is -0.508 e. The van der Waals surface area contributed by atoms with Crippen molar-refractivity contribution in [3.63, 3.8) is 0 Å². The number of aromatic hydroxyl groups is 2. The van der Waals surface area contributed by atoms with Crippen LogP contribution in [0.5, 0.6) is 23.0 Å². The van der Waals surface area contributed by atoms with E-state index in [4.69, 9.17) is 31.3 Å². The fourth-order valence-electron chi connectivity index (χ4n) is 3.30. The lowest BCUT2D eigenvalue weighted by Crippen LogP contribution is -2.09. The highest BCUT2D eigenvalue weighted by atomic mass is 35.5. The maximum Gasteiger partial charge on any atom is 0.338 e. The molecule has 0 atom stereocenters. The summed E-state index contributed by atoms with van der Waals surface area (Å²) in [5.41, 5.74) is 2.84. The van der Waals surface area contributed by atoms with Gasteiger partial charge in [-0.2, -0.15) is 0 Å². The first kappa shape index (κ1) is 38.1. The van der Waals surface area contributed by atoms with Crippen molar-refractivity contribution in [3.05, 3.63) is 156 Å². The highest BCUT2D eigenvalue weighted by Crippen LogP contribution is 2.20. The second-order valence-corrected chi connectivity index (χ2v) is 10.5. The number of carbonyl (C=O) groups excluding carboxylic acids is 5. The molecule has 0 spiro atoms. The van der Waals surface area contributed by atoms with Crippen molar-refractivity contribution in [1.82, 2.24) is 0 Å². The summed E-state index contributed by atoms with van der Waals surface area (Å²) in [5, 5.41) is 17.7. The lowest BCUT2D eigenvalue weighted by molar-refractivity contribution is -0.130. The van der Waals surface area contributed by atoms with Crippen LogP contribution in [0, 0.1) is 0 Å². The Kier molecular flexibility index (Phi) is 14.4. The molecule has 4 aromatic rings. The molecule has 0 aliphatic rings. The van der Waals surface area contributed by atoms with Crippen LogP contribution in [-0.2, 0) is 14.4 Å². The maximum absolute atomic E-state index is 12.5. The maximum atomic E-state index is 12.5. The summed E-state index contributed by atoms with van der Waals surface area (Å²) >= 11 is 4.87. The van der Waals surface area contributed by atoms with Gasteiger partial charge in [0.15, 0.2) is 11.6 Å². The smallest absolute Gasteiger partial charge is 0.338 e. The third kappa shape index (κ3) is 12.4. The molecule has 9 nitrogen and oxygen atoms in total. The first-order valence-corrected chi connectivity index (χ1v) is 14.4. The number of esters is 2. The van der Waals surface area contributed by atoms with Crippen molar-refractivity contribution in [2.45, 2.75) is 20.8 Å². The molecule has 0 aromatic heterocycles. The number of hydrogen-bond donors (Lipinski definition) is 2. The predicted molar refractivity (Wildman–Crippen MR) is 183 cm³/mol. The summed E-state index contributed by atoms with van der Waals surface area (Å²) in [6, 6.07) is 24.5. The van der Waals surface area contributed by atoms with Crippen molar-refractivity contribution < 1.29 is 43.7 Å². The highest BCUT2D eigenvalue weighted by molar-refractivity contribution is 6.67. The van der Waals surface area contributed by atoms with Crippen LogP contribution in [0.4, 0.5) is 0 Å². The average molecular weight is 669 g/mol. The van der Waals surface area contributed by atoms with Gasteiger partial charge in [0.05, 0.1) is 0 Å². The zero-order valence-electron chi connectivity index (χ0n) is 26.5. The molecule has 0 saturated heterocycles. The van der Waals surface area contributed by atoms with Crippen molar-refractivity contribution in [2.75, 3.05) is 0 Å². The number of rotatable bonds is 9. The summed E-state index contributed by atoms with van der Waals surface area (Å²) in [7, 11) is 0. The fourth-order valence-corrected chi connectivity index (χ4v) is 3.30. The van der Waals surface area contributed by atoms with Crippen molar-refractivity contribution in [1.29, 1.82) is 0 Å². The first-order valence-electron chi connectivity index (χ1n) is 14.1. The Bertz CT molecular complexity index is 1690. The third-order valence-corrected chi connectivity index (χ3v) is 6.27. The van der Waals surface area contributed by atoms with E-state index in [2.05, 4.69) is 19.7 Å². The van der Waals surface area contributed by atoms with Crippen LogP contribution in [0.1, 0.15) is 52.6 Å². The fraction of sp³-hybridized carbons (Fsp3) is 0.0789. The van der Waals surface area contributed by atoms with Gasteiger partial charge in [0.1, 0.15) is 23.0 Å². The van der Waals surface area contributed by atoms with Crippen LogP contribution in [0.2, 0.25) is 0 Å². The molecule has 48 heavy (non-hydrogen) atoms. The standard InChI is InChI=1S/C21H18O5.C13H10O3.C4H5ClO/c1-13(2)20(23)25-17-9-5-15(6-10-17)19(22)16-7-11-18(12-8-16)26-21(24)14(3)4;14-11-5-1-9(2-6-11)13(16)10-3-7-12(15)8-4-10;1-3(2)4(5)6/h5-12H,1,3H2,2,4H3;1-8,14-15H;1H2,2H3. The SMILES string of the molecule is C=C(C)C(=O)Cl.C=C(C)C(=O)Oc1ccc(C(=O)c2ccc(OC(=O)C(=C)C)cc2)cc1.O=C(c1ccc(O)cc1)c1ccc(O)cc1. The van der Waals surface area contributed by atoms with Crippen LogP contribution in [0.25, 0.3) is 0 Å². The van der Waals surface area contributed by atoms with Crippen molar-refractivity contribution >= 4 is 40.3 Å². The molecule has 0 bridgehead atoms. The molecule has 0 unspecified atom stereocenters. The number of halogens is 1. The highest BCUT2D eigenvalue weighted by Gasteiger charge is 2.12. The molecule has 2 N–H and O–H groups in total. The Morgan fingerprint density at radius 3 is 0.917 bits per heavy atom. The van der Waals surface area contributed by atoms with Gasteiger partial charge >= 0.3 is 11.9 Å². The Morgan fingerprint density at radius 1 is 0.479 bits per heavy atom. The number of hydrogen-bond acceptors (Lipinski definition) is 9. The van der Waals surface area contributed by atoms with Gasteiger partial charge in [0.2, 0.25) is 5.24 Å². The molecule has 4 aromatic carbocycles. The Morgan fingerprint density at radius 2 is 0.708 bits per heavy atom. The molecule has 0 aliphatic heterocycles. The molecule has 246 valence electrons. The van der Waals surface area contributed by atoms with Gasteiger partial charge in [-0.05, 0) is 129 Å². The van der Waals surface area contributed by atoms with Gasteiger partial charge in [-0.3, -0.25) is 14.4 Å². The number of phenols is 2. The number of ketones is 2. The van der Waals surface area contributed by atoms with E-state index in [1.165, 1.54) is 48.5 Å². The average Bonchev–Trinajstić information content (AvgIpc) is 3.06. The number of ether oxygens (including phenoxy) is 2. The van der Waals surface area contributed by atoms with Crippen LogP contribution in [0.3, 0.4) is 0 Å². The number of allylic oxidation sites excluding steroid dienone is 1. The Hall–Kier alpha value is -6.06. The molecular weight excluding hydrogens is 636 g/mol. The summed E-state index contributed by atoms with van der Waals surface area (Å²) in [4.78, 5) is 57.1. The first-order chi connectivity index (χ1) is 22.6. The number of phenolic OH excluding ortho intramolecular Hbond substituents is 2. The van der Waals surface area contributed by atoms with Gasteiger partial charge < -0.3 is 19.7 Å². The number of benzene rings is 4. The Labute approximate surface area is 283 Å². The van der Waals surface area contributed by atoms with Crippen LogP contribution in [-0.4, -0.2) is 39.0 Å². The van der Waals surface area contributed by atoms with E-state index in [0.29, 0.717) is 39.3 Å². The molecule has 0 saturated carbocycles. The lowest BCUT2D eigenvalue weighted by atomic mass is 10.0. The van der Waals surface area contributed by atoms with Crippen LogP contribution >= 0.6 is 11.6 Å². The minimum absolute atomic E-state index is 0.127. The molecule has 4 rings (SSSR count). The van der Waals surface area contributed by atoms with Gasteiger partial charge in [0, 0.05) is 39.0 Å². The van der Waals surface area contributed by atoms with E-state index < -0.39 is 17.2 Å². The van der Waals surface area contributed by atoms with Crippen LogP contribution < -0.4 is 9.47 Å². The van der Waals surface area contributed by atoms with Crippen molar-refractivity contribution in [3.8, 4) is 23.0 Å². The lowest BCUT2D eigenvalue weighted by Gasteiger charge is -2.07. The van der Waals surface area contributed by atoms with E-state index in [1.54, 1.807) is 69.3 Å². The molecular formula is C38H33ClO9. The number of carbonyl (C=O) groups is 5. The monoisotopic (exact) mass is 668 g/mol. The van der Waals surface area contributed by atoms with E-state index in [0.717, 1.165) is 0 Å². The van der Waals surface area contributed by atoms with E-state index in [9.17, 15) is 24.0 Å². The molecule has 0 amide bonds. The zero-order valence-corrected chi connectivity index (χ0v) is 27.2. The Balaban J connectivity index is 0.000000307. The van der Waals surface area contributed by atoms with Gasteiger partial charge in [-0.15, -0.1) is 0 Å². The zero-order chi connectivity index (χ0) is 36.0. The van der Waals surface area contributed by atoms with E-state index in [1.807, 2.05) is 0 Å². The van der Waals surface area contributed by atoms with Crippen LogP contribution in [0.15, 0.2) is 134 Å². The van der Waals surface area contributed by atoms with Gasteiger partial charge in [-0.1, -0.05) is 19.7 Å². The molecule has 10 heteroatoms. The summed E-state index contributed by atoms with van der Waals surface area (Å²) in [6.07, 6.45) is 0. The van der Waals surface area contributed by atoms with Gasteiger partial charge in [0.25, 0.3) is 0 Å². The summed E-state index contributed by atoms with van der Waals surface area (Å²) < 4.78 is 10.2. The molecule has 0 radical (unpaired) electrons. The topological polar surface area (TPSA) is 144 Å². The quantitative estimate of drug-likeness (QED) is 0.0607. The van der Waals surface area contributed by atoms with Gasteiger partial charge in [-0.25, -0.2) is 9.59 Å². The summed E-state index contributed by atoms with van der Waals surface area (Å²) in [6.45, 7) is 15.0. The largest absolute Gasteiger partial charge is 0.508 e. The molecule has 0 heterocycles. The second kappa shape index (κ2) is 18.2. The van der Waals surface area contributed by atoms with E-state index in [-0.39, 0.29) is 34.2 Å². The second-order valence-electron chi connectivity index (χ2n) is 10.2. The third-order valence-electron chi connectivity index (χ3n) is 5.95. The minimum atomic E-state index is -0.524. The summed E-state index contributed by atoms with van der Waals surface area (Å²) in [5.74, 6) is -0.480. The molecule has 0 fully saturated rings. The normalized spacial score (nSPS) is 9.67. The predicted octanol–water partition coefficient (Wildman–Crippen LogP) is 7.54. The van der Waals surface area contributed by atoms with E-state index >= 15 is 0 Å². The van der Waals surface area contributed by atoms with Crippen molar-refractivity contribution in [2.24, 2.45) is 0 Å². The molecule has 0 aliphatic carbocycles.